The predicted molar refractivity (Wildman–Crippen MR) is 115 cm³/mol. The Morgan fingerprint density at radius 3 is 2.80 bits per heavy atom. The maximum absolute atomic E-state index is 14.5. The Bertz CT molecular complexity index is 1300. The summed E-state index contributed by atoms with van der Waals surface area (Å²) in [5.74, 6) is -0.480. The van der Waals surface area contributed by atoms with Gasteiger partial charge in [0.1, 0.15) is 6.33 Å². The van der Waals surface area contributed by atoms with Gasteiger partial charge in [0.2, 0.25) is 0 Å². The Morgan fingerprint density at radius 1 is 1.20 bits per heavy atom. The molecule has 8 heteroatoms. The summed E-state index contributed by atoms with van der Waals surface area (Å²) < 4.78 is 17.5. The molecule has 154 valence electrons. The van der Waals surface area contributed by atoms with E-state index in [1.807, 2.05) is 18.2 Å². The Labute approximate surface area is 172 Å². The number of anilines is 1. The van der Waals surface area contributed by atoms with E-state index in [4.69, 9.17) is 0 Å². The van der Waals surface area contributed by atoms with Gasteiger partial charge in [0.25, 0.3) is 5.56 Å². The van der Waals surface area contributed by atoms with E-state index in [2.05, 4.69) is 27.2 Å². The number of nitrogens with one attached hydrogen (secondary N) is 1. The van der Waals surface area contributed by atoms with E-state index in [-0.39, 0.29) is 11.2 Å². The van der Waals surface area contributed by atoms with Gasteiger partial charge in [-0.2, -0.15) is 0 Å². The number of hydrogen-bond donors (Lipinski definition) is 1. The fourth-order valence-corrected chi connectivity index (χ4v) is 4.22. The fraction of sp³-hybridized carbons (Fsp3) is 0.318. The number of fused-ring (bicyclic) bond motifs is 2. The Balaban J connectivity index is 1.60. The number of pyridine rings is 1. The van der Waals surface area contributed by atoms with Crippen LogP contribution in [0.15, 0.2) is 47.8 Å². The Hall–Kier alpha value is -3.26. The highest BCUT2D eigenvalue weighted by Crippen LogP contribution is 2.23. The molecule has 1 N–H and O–H groups in total. The van der Waals surface area contributed by atoms with Gasteiger partial charge in [0, 0.05) is 37.2 Å². The standard InChI is InChI=1S/C22H23FN6O/c1-14-11-28-12-17(10-19(23)21(28)26-14)29-13-25-20-4-3-16(9-18(20)22(29)30)27(2)15-5-7-24-8-6-15/h3-4,9-13,15,24H,5-8H2,1-2H3. The van der Waals surface area contributed by atoms with Crippen LogP contribution in [0.1, 0.15) is 18.5 Å². The molecule has 1 saturated heterocycles. The summed E-state index contributed by atoms with van der Waals surface area (Å²) in [7, 11) is 2.07. The van der Waals surface area contributed by atoms with E-state index in [9.17, 15) is 9.18 Å². The molecule has 0 saturated carbocycles. The second kappa shape index (κ2) is 7.21. The molecule has 3 aromatic heterocycles. The highest BCUT2D eigenvalue weighted by atomic mass is 19.1. The number of imidazole rings is 1. The summed E-state index contributed by atoms with van der Waals surface area (Å²) in [5, 5.41) is 3.89. The van der Waals surface area contributed by atoms with Gasteiger partial charge in [-0.1, -0.05) is 0 Å². The molecule has 1 aromatic carbocycles. The van der Waals surface area contributed by atoms with Crippen molar-refractivity contribution in [3.8, 4) is 5.69 Å². The summed E-state index contributed by atoms with van der Waals surface area (Å²) in [6, 6.07) is 7.52. The van der Waals surface area contributed by atoms with E-state index in [1.54, 1.807) is 23.7 Å². The molecule has 30 heavy (non-hydrogen) atoms. The second-order valence-corrected chi connectivity index (χ2v) is 7.87. The highest BCUT2D eigenvalue weighted by Gasteiger charge is 2.19. The van der Waals surface area contributed by atoms with E-state index in [0.29, 0.717) is 28.3 Å². The van der Waals surface area contributed by atoms with Crippen LogP contribution in [-0.4, -0.2) is 45.1 Å². The third-order valence-corrected chi connectivity index (χ3v) is 5.90. The van der Waals surface area contributed by atoms with Crippen molar-refractivity contribution in [1.82, 2.24) is 24.3 Å². The lowest BCUT2D eigenvalue weighted by atomic mass is 10.0. The van der Waals surface area contributed by atoms with Crippen LogP contribution in [0.2, 0.25) is 0 Å². The molecule has 0 aliphatic carbocycles. The molecule has 1 fully saturated rings. The van der Waals surface area contributed by atoms with Crippen LogP contribution < -0.4 is 15.8 Å². The molecular formula is C22H23FN6O. The minimum absolute atomic E-state index is 0.226. The van der Waals surface area contributed by atoms with Gasteiger partial charge in [-0.25, -0.2) is 14.4 Å². The Kier molecular flexibility index (Phi) is 4.51. The normalized spacial score (nSPS) is 15.2. The number of halogens is 1. The number of aryl methyl sites for hydroxylation is 1. The largest absolute Gasteiger partial charge is 0.371 e. The van der Waals surface area contributed by atoms with Crippen molar-refractivity contribution in [3.63, 3.8) is 0 Å². The van der Waals surface area contributed by atoms with Crippen molar-refractivity contribution in [2.24, 2.45) is 0 Å². The first-order valence-electron chi connectivity index (χ1n) is 10.1. The maximum Gasteiger partial charge on any atom is 0.265 e. The molecule has 0 unspecified atom stereocenters. The molecule has 0 spiro atoms. The van der Waals surface area contributed by atoms with Gasteiger partial charge in [-0.05, 0) is 51.1 Å². The highest BCUT2D eigenvalue weighted by molar-refractivity contribution is 5.82. The molecule has 7 nitrogen and oxygen atoms in total. The van der Waals surface area contributed by atoms with Crippen LogP contribution >= 0.6 is 0 Å². The number of benzene rings is 1. The minimum Gasteiger partial charge on any atom is -0.371 e. The zero-order chi connectivity index (χ0) is 20.8. The van der Waals surface area contributed by atoms with Crippen LogP contribution in [0.5, 0.6) is 0 Å². The number of piperidine rings is 1. The van der Waals surface area contributed by atoms with E-state index >= 15 is 0 Å². The van der Waals surface area contributed by atoms with Crippen molar-refractivity contribution in [2.45, 2.75) is 25.8 Å². The lowest BCUT2D eigenvalue weighted by Crippen LogP contribution is -2.41. The lowest BCUT2D eigenvalue weighted by molar-refractivity contribution is 0.443. The molecule has 0 amide bonds. The number of hydrogen-bond acceptors (Lipinski definition) is 5. The van der Waals surface area contributed by atoms with Crippen LogP contribution in [0.4, 0.5) is 10.1 Å². The first kappa shape index (κ1) is 18.7. The van der Waals surface area contributed by atoms with E-state index in [0.717, 1.165) is 31.6 Å². The molecule has 0 bridgehead atoms. The smallest absolute Gasteiger partial charge is 0.265 e. The third-order valence-electron chi connectivity index (χ3n) is 5.90. The third kappa shape index (κ3) is 3.13. The minimum atomic E-state index is -0.480. The summed E-state index contributed by atoms with van der Waals surface area (Å²) in [6.45, 7) is 3.80. The van der Waals surface area contributed by atoms with Gasteiger partial charge in [-0.15, -0.1) is 0 Å². The van der Waals surface area contributed by atoms with Crippen molar-refractivity contribution < 1.29 is 4.39 Å². The molecule has 5 rings (SSSR count). The van der Waals surface area contributed by atoms with Gasteiger partial charge >= 0.3 is 0 Å². The van der Waals surface area contributed by atoms with E-state index < -0.39 is 5.82 Å². The molecule has 1 aliphatic rings. The van der Waals surface area contributed by atoms with Crippen LogP contribution in [0.25, 0.3) is 22.2 Å². The van der Waals surface area contributed by atoms with Gasteiger partial charge in [-0.3, -0.25) is 9.36 Å². The SMILES string of the molecule is Cc1cn2cc(-n3cnc4ccc(N(C)C5CCNCC5)cc4c3=O)cc(F)c2n1. The maximum atomic E-state index is 14.5. The molecule has 0 atom stereocenters. The first-order valence-corrected chi connectivity index (χ1v) is 10.1. The summed E-state index contributed by atoms with van der Waals surface area (Å²) in [4.78, 5) is 24.1. The molecule has 1 aliphatic heterocycles. The summed E-state index contributed by atoms with van der Waals surface area (Å²) >= 11 is 0. The van der Waals surface area contributed by atoms with Crippen molar-refractivity contribution in [2.75, 3.05) is 25.0 Å². The summed E-state index contributed by atoms with van der Waals surface area (Å²) in [5.41, 5.74) is 2.74. The molecule has 0 radical (unpaired) electrons. The molecular weight excluding hydrogens is 383 g/mol. The van der Waals surface area contributed by atoms with Gasteiger partial charge < -0.3 is 14.6 Å². The number of aromatic nitrogens is 4. The monoisotopic (exact) mass is 406 g/mol. The Morgan fingerprint density at radius 2 is 2.00 bits per heavy atom. The topological polar surface area (TPSA) is 67.5 Å². The average molecular weight is 406 g/mol. The van der Waals surface area contributed by atoms with Gasteiger partial charge in [0.05, 0.1) is 22.3 Å². The van der Waals surface area contributed by atoms with Gasteiger partial charge in [0.15, 0.2) is 11.5 Å². The zero-order valence-corrected chi connectivity index (χ0v) is 17.0. The first-order chi connectivity index (χ1) is 14.5. The molecule has 4 heterocycles. The molecule has 4 aromatic rings. The van der Waals surface area contributed by atoms with Crippen molar-refractivity contribution in [1.29, 1.82) is 0 Å². The van der Waals surface area contributed by atoms with Crippen molar-refractivity contribution >= 4 is 22.2 Å². The van der Waals surface area contributed by atoms with Crippen molar-refractivity contribution in [3.05, 3.63) is 64.9 Å². The number of rotatable bonds is 3. The quantitative estimate of drug-likeness (QED) is 0.567. The lowest BCUT2D eigenvalue weighted by Gasteiger charge is -2.33. The van der Waals surface area contributed by atoms with Crippen LogP contribution in [-0.2, 0) is 0 Å². The summed E-state index contributed by atoms with van der Waals surface area (Å²) in [6.07, 6.45) is 7.00. The van der Waals surface area contributed by atoms with Crippen LogP contribution in [0.3, 0.4) is 0 Å². The predicted octanol–water partition coefficient (Wildman–Crippen LogP) is 2.67. The second-order valence-electron chi connectivity index (χ2n) is 7.87. The zero-order valence-electron chi connectivity index (χ0n) is 17.0. The number of nitrogens with zero attached hydrogens (tertiary/aromatic N) is 5. The van der Waals surface area contributed by atoms with Crippen LogP contribution in [0, 0.1) is 12.7 Å². The fourth-order valence-electron chi connectivity index (χ4n) is 4.22. The average Bonchev–Trinajstić information content (AvgIpc) is 3.15. The van der Waals surface area contributed by atoms with E-state index in [1.165, 1.54) is 17.0 Å².